The van der Waals surface area contributed by atoms with Gasteiger partial charge in [0.1, 0.15) is 0 Å². The van der Waals surface area contributed by atoms with Crippen molar-refractivity contribution in [3.8, 4) is 0 Å². The fraction of sp³-hybridized carbons (Fsp3) is 0.692. The number of aromatic nitrogens is 1. The van der Waals surface area contributed by atoms with Crippen LogP contribution in [0.3, 0.4) is 0 Å². The van der Waals surface area contributed by atoms with Gasteiger partial charge in [-0.2, -0.15) is 0 Å². The van der Waals surface area contributed by atoms with Crippen molar-refractivity contribution in [1.82, 2.24) is 9.88 Å². The van der Waals surface area contributed by atoms with Gasteiger partial charge in [0, 0.05) is 23.7 Å². The Morgan fingerprint density at radius 3 is 3.16 bits per heavy atom. The van der Waals surface area contributed by atoms with Crippen molar-refractivity contribution in [3.05, 3.63) is 11.1 Å². The van der Waals surface area contributed by atoms with Gasteiger partial charge in [-0.3, -0.25) is 9.69 Å². The Morgan fingerprint density at radius 2 is 2.47 bits per heavy atom. The summed E-state index contributed by atoms with van der Waals surface area (Å²) in [5.41, 5.74) is 0. The highest BCUT2D eigenvalue weighted by Crippen LogP contribution is 2.24. The van der Waals surface area contributed by atoms with E-state index in [0.29, 0.717) is 11.2 Å². The number of anilines is 1. The third kappa shape index (κ3) is 4.26. The minimum absolute atomic E-state index is 0.0489. The van der Waals surface area contributed by atoms with E-state index >= 15 is 0 Å². The summed E-state index contributed by atoms with van der Waals surface area (Å²) in [6, 6.07) is 0.649. The number of halogens is 1. The average molecular weight is 346 g/mol. The number of carbonyl (C=O) groups excluding carboxylic acids is 1. The van der Waals surface area contributed by atoms with Gasteiger partial charge in [0.25, 0.3) is 0 Å². The summed E-state index contributed by atoms with van der Waals surface area (Å²) in [6.07, 6.45) is 5.78. The highest BCUT2D eigenvalue weighted by Gasteiger charge is 2.19. The predicted molar refractivity (Wildman–Crippen MR) is 82.9 cm³/mol. The first-order valence-corrected chi connectivity index (χ1v) is 8.43. The molecule has 0 spiro atoms. The number of rotatable bonds is 4. The van der Waals surface area contributed by atoms with Crippen LogP contribution < -0.4 is 5.32 Å². The number of nitrogens with zero attached hydrogens (tertiary/aromatic N) is 2. The van der Waals surface area contributed by atoms with E-state index in [1.807, 2.05) is 6.20 Å². The second-order valence-electron chi connectivity index (χ2n) is 5.05. The third-order valence-corrected chi connectivity index (χ3v) is 4.76. The summed E-state index contributed by atoms with van der Waals surface area (Å²) in [4.78, 5) is 19.3. The quantitative estimate of drug-likeness (QED) is 0.852. The number of thiazole rings is 1. The van der Waals surface area contributed by atoms with Gasteiger partial charge in [-0.15, -0.1) is 11.3 Å². The molecule has 2 atom stereocenters. The molecule has 1 fully saturated rings. The van der Waals surface area contributed by atoms with Crippen LogP contribution in [-0.4, -0.2) is 33.2 Å². The lowest BCUT2D eigenvalue weighted by molar-refractivity contribution is -0.115. The number of piperidine rings is 1. The normalized spacial score (nSPS) is 22.2. The summed E-state index contributed by atoms with van der Waals surface area (Å²) >= 11 is 4.82. The van der Waals surface area contributed by atoms with Crippen molar-refractivity contribution in [1.29, 1.82) is 0 Å². The Labute approximate surface area is 126 Å². The van der Waals surface area contributed by atoms with E-state index in [4.69, 9.17) is 0 Å². The van der Waals surface area contributed by atoms with Gasteiger partial charge in [0.2, 0.25) is 5.91 Å². The van der Waals surface area contributed by atoms with Crippen molar-refractivity contribution < 1.29 is 4.79 Å². The van der Waals surface area contributed by atoms with Crippen LogP contribution in [0.4, 0.5) is 5.13 Å². The van der Waals surface area contributed by atoms with E-state index in [9.17, 15) is 4.79 Å². The smallest absolute Gasteiger partial charge is 0.239 e. The average Bonchev–Trinajstić information content (AvgIpc) is 2.79. The Morgan fingerprint density at radius 1 is 1.68 bits per heavy atom. The molecule has 1 N–H and O–H groups in total. The van der Waals surface area contributed by atoms with Crippen LogP contribution in [0, 0.1) is 0 Å². The Bertz CT molecular complexity index is 435. The molecule has 19 heavy (non-hydrogen) atoms. The largest absolute Gasteiger partial charge is 0.301 e. The zero-order valence-corrected chi connectivity index (χ0v) is 13.8. The molecule has 1 saturated heterocycles. The second kappa shape index (κ2) is 6.81. The number of nitrogens with one attached hydrogen (secondary N) is 1. The van der Waals surface area contributed by atoms with Crippen molar-refractivity contribution >= 4 is 38.3 Å². The molecular formula is C13H20BrN3OS. The molecule has 1 amide bonds. The zero-order valence-electron chi connectivity index (χ0n) is 11.4. The van der Waals surface area contributed by atoms with E-state index in [0.717, 1.165) is 6.54 Å². The molecule has 2 unspecified atom stereocenters. The first-order chi connectivity index (χ1) is 9.06. The van der Waals surface area contributed by atoms with Crippen molar-refractivity contribution in [2.24, 2.45) is 0 Å². The molecule has 106 valence electrons. The van der Waals surface area contributed by atoms with E-state index in [1.165, 1.54) is 30.7 Å². The lowest BCUT2D eigenvalue weighted by atomic mass is 10.0. The van der Waals surface area contributed by atoms with Crippen molar-refractivity contribution in [2.45, 2.75) is 50.5 Å². The molecule has 0 radical (unpaired) electrons. The molecule has 4 nitrogen and oxygen atoms in total. The first-order valence-electron chi connectivity index (χ1n) is 6.70. The third-order valence-electron chi connectivity index (χ3n) is 3.44. The van der Waals surface area contributed by atoms with Gasteiger partial charge in [0.05, 0.1) is 4.83 Å². The van der Waals surface area contributed by atoms with E-state index in [2.05, 4.69) is 38.1 Å². The van der Waals surface area contributed by atoms with Crippen LogP contribution in [0.25, 0.3) is 0 Å². The maximum absolute atomic E-state index is 11.6. The van der Waals surface area contributed by atoms with Crippen LogP contribution >= 0.6 is 27.3 Å². The summed E-state index contributed by atoms with van der Waals surface area (Å²) < 4.78 is 0. The Kier molecular flexibility index (Phi) is 5.36. The van der Waals surface area contributed by atoms with Gasteiger partial charge in [-0.1, -0.05) is 22.4 Å². The van der Waals surface area contributed by atoms with Crippen LogP contribution in [0.15, 0.2) is 6.20 Å². The number of alkyl halides is 1. The topological polar surface area (TPSA) is 45.2 Å². The molecule has 1 aliphatic heterocycles. The van der Waals surface area contributed by atoms with E-state index in [-0.39, 0.29) is 10.7 Å². The molecule has 1 aromatic rings. The minimum atomic E-state index is -0.193. The van der Waals surface area contributed by atoms with Crippen molar-refractivity contribution in [3.63, 3.8) is 0 Å². The first kappa shape index (κ1) is 14.9. The van der Waals surface area contributed by atoms with Crippen LogP contribution in [0.5, 0.6) is 0 Å². The summed E-state index contributed by atoms with van der Waals surface area (Å²) in [6.45, 7) is 6.20. The lowest BCUT2D eigenvalue weighted by Gasteiger charge is -2.32. The van der Waals surface area contributed by atoms with Crippen molar-refractivity contribution in [2.75, 3.05) is 11.9 Å². The monoisotopic (exact) mass is 345 g/mol. The molecule has 0 aromatic carbocycles. The Hall–Kier alpha value is -0.460. The van der Waals surface area contributed by atoms with Gasteiger partial charge >= 0.3 is 0 Å². The van der Waals surface area contributed by atoms with Crippen LogP contribution in [0.1, 0.15) is 38.0 Å². The maximum atomic E-state index is 11.6. The number of hydrogen-bond acceptors (Lipinski definition) is 4. The fourth-order valence-electron chi connectivity index (χ4n) is 2.24. The SMILES string of the molecule is CC(Br)C(=O)Nc1ncc(CN2CCCCC2C)s1. The molecule has 2 rings (SSSR count). The number of likely N-dealkylation sites (tertiary alicyclic amines) is 1. The van der Waals surface area contributed by atoms with Crippen LogP contribution in [0.2, 0.25) is 0 Å². The predicted octanol–water partition coefficient (Wildman–Crippen LogP) is 3.24. The standard InChI is InChI=1S/C13H20BrN3OS/c1-9-5-3-4-6-17(9)8-11-7-15-13(19-11)16-12(18)10(2)14/h7,9-10H,3-6,8H2,1-2H3,(H,15,16,18). The minimum Gasteiger partial charge on any atom is -0.301 e. The lowest BCUT2D eigenvalue weighted by Crippen LogP contribution is -2.36. The Balaban J connectivity index is 1.91. The highest BCUT2D eigenvalue weighted by molar-refractivity contribution is 9.10. The highest BCUT2D eigenvalue weighted by atomic mass is 79.9. The summed E-state index contributed by atoms with van der Waals surface area (Å²) in [5, 5.41) is 3.50. The number of amides is 1. The summed E-state index contributed by atoms with van der Waals surface area (Å²) in [7, 11) is 0. The molecule has 1 aromatic heterocycles. The maximum Gasteiger partial charge on any atom is 0.239 e. The second-order valence-corrected chi connectivity index (χ2v) is 7.54. The van der Waals surface area contributed by atoms with Gasteiger partial charge in [-0.25, -0.2) is 4.98 Å². The number of carbonyl (C=O) groups is 1. The molecule has 0 saturated carbocycles. The fourth-order valence-corrected chi connectivity index (χ4v) is 3.19. The molecule has 1 aliphatic rings. The molecule has 0 aliphatic carbocycles. The van der Waals surface area contributed by atoms with E-state index in [1.54, 1.807) is 18.3 Å². The number of hydrogen-bond donors (Lipinski definition) is 1. The van der Waals surface area contributed by atoms with E-state index < -0.39 is 0 Å². The molecule has 6 heteroatoms. The van der Waals surface area contributed by atoms with Gasteiger partial charge in [-0.05, 0) is 33.2 Å². The zero-order chi connectivity index (χ0) is 13.8. The van der Waals surface area contributed by atoms with Crippen LogP contribution in [-0.2, 0) is 11.3 Å². The van der Waals surface area contributed by atoms with Gasteiger partial charge in [0.15, 0.2) is 5.13 Å². The summed E-state index contributed by atoms with van der Waals surface area (Å²) in [5.74, 6) is -0.0489. The van der Waals surface area contributed by atoms with Gasteiger partial charge < -0.3 is 5.32 Å². The molecule has 2 heterocycles. The molecular weight excluding hydrogens is 326 g/mol. The molecule has 0 bridgehead atoms.